The van der Waals surface area contributed by atoms with Crippen molar-refractivity contribution < 1.29 is 12.8 Å². The molecule has 1 aromatic rings. The van der Waals surface area contributed by atoms with Gasteiger partial charge in [-0.25, -0.2) is 12.8 Å². The molecule has 0 unspecified atom stereocenters. The van der Waals surface area contributed by atoms with Crippen LogP contribution in [0.25, 0.3) is 0 Å². The Kier molecular flexibility index (Phi) is 4.13. The molecule has 0 heterocycles. The number of hydrogen-bond acceptors (Lipinski definition) is 4. The lowest BCUT2D eigenvalue weighted by atomic mass is 10.2. The summed E-state index contributed by atoms with van der Waals surface area (Å²) in [6.45, 7) is 0. The van der Waals surface area contributed by atoms with Crippen LogP contribution in [0.1, 0.15) is 5.56 Å². The second-order valence-electron chi connectivity index (χ2n) is 3.19. The van der Waals surface area contributed by atoms with Gasteiger partial charge in [-0.2, -0.15) is 5.10 Å². The summed E-state index contributed by atoms with van der Waals surface area (Å²) >= 11 is 4.50. The summed E-state index contributed by atoms with van der Waals surface area (Å²) < 4.78 is 35.8. The molecule has 0 atom stereocenters. The average molecular weight is 275 g/mol. The summed E-state index contributed by atoms with van der Waals surface area (Å²) in [7, 11) is -3.45. The lowest BCUT2D eigenvalue weighted by Crippen LogP contribution is -2.24. The first kappa shape index (κ1) is 13.5. The minimum atomic E-state index is -3.45. The standard InChI is InChI=1S/C9H10FN3O2S2/c1-17(14,15)8-3-2-7(10)4-6(8)5-12-13-9(11)16/h2-5H,1H3,(H3,11,13,16). The minimum Gasteiger partial charge on any atom is -0.375 e. The van der Waals surface area contributed by atoms with Gasteiger partial charge in [0.05, 0.1) is 11.1 Å². The molecule has 0 radical (unpaired) electrons. The summed E-state index contributed by atoms with van der Waals surface area (Å²) in [4.78, 5) is -0.0209. The van der Waals surface area contributed by atoms with Gasteiger partial charge in [0.1, 0.15) is 5.82 Å². The largest absolute Gasteiger partial charge is 0.375 e. The van der Waals surface area contributed by atoms with E-state index in [4.69, 9.17) is 5.73 Å². The number of sulfone groups is 1. The van der Waals surface area contributed by atoms with Gasteiger partial charge >= 0.3 is 0 Å². The van der Waals surface area contributed by atoms with Crippen LogP contribution in [0.2, 0.25) is 0 Å². The molecular weight excluding hydrogens is 265 g/mol. The van der Waals surface area contributed by atoms with E-state index < -0.39 is 15.7 Å². The lowest BCUT2D eigenvalue weighted by Gasteiger charge is -2.03. The summed E-state index contributed by atoms with van der Waals surface area (Å²) in [5.74, 6) is -0.561. The van der Waals surface area contributed by atoms with Gasteiger partial charge in [-0.3, -0.25) is 5.43 Å². The number of nitrogens with zero attached hydrogens (tertiary/aromatic N) is 1. The van der Waals surface area contributed by atoms with Crippen LogP contribution in [0.3, 0.4) is 0 Å². The Balaban J connectivity index is 3.17. The van der Waals surface area contributed by atoms with Crippen molar-refractivity contribution in [3.63, 3.8) is 0 Å². The molecule has 0 saturated carbocycles. The van der Waals surface area contributed by atoms with Gasteiger partial charge in [-0.05, 0) is 30.4 Å². The van der Waals surface area contributed by atoms with Gasteiger partial charge in [0, 0.05) is 11.8 Å². The van der Waals surface area contributed by atoms with E-state index in [2.05, 4.69) is 22.7 Å². The van der Waals surface area contributed by atoms with Gasteiger partial charge in [0.2, 0.25) is 0 Å². The van der Waals surface area contributed by atoms with Gasteiger partial charge in [-0.15, -0.1) is 0 Å². The second-order valence-corrected chi connectivity index (χ2v) is 5.61. The van der Waals surface area contributed by atoms with E-state index >= 15 is 0 Å². The van der Waals surface area contributed by atoms with Gasteiger partial charge in [-0.1, -0.05) is 0 Å². The van der Waals surface area contributed by atoms with Crippen LogP contribution < -0.4 is 11.2 Å². The second kappa shape index (κ2) is 5.19. The van der Waals surface area contributed by atoms with Crippen molar-refractivity contribution in [1.82, 2.24) is 5.43 Å². The van der Waals surface area contributed by atoms with Crippen molar-refractivity contribution >= 4 is 33.4 Å². The van der Waals surface area contributed by atoms with Crippen LogP contribution in [-0.2, 0) is 9.84 Å². The third kappa shape index (κ3) is 4.08. The lowest BCUT2D eigenvalue weighted by molar-refractivity contribution is 0.600. The third-order valence-electron chi connectivity index (χ3n) is 1.75. The smallest absolute Gasteiger partial charge is 0.184 e. The van der Waals surface area contributed by atoms with Crippen molar-refractivity contribution in [3.8, 4) is 0 Å². The van der Waals surface area contributed by atoms with Crippen LogP contribution >= 0.6 is 12.2 Å². The van der Waals surface area contributed by atoms with Crippen molar-refractivity contribution in [1.29, 1.82) is 0 Å². The number of hydrogen-bond donors (Lipinski definition) is 2. The van der Waals surface area contributed by atoms with Crippen molar-refractivity contribution in [3.05, 3.63) is 29.6 Å². The molecule has 0 aliphatic rings. The number of nitrogens with one attached hydrogen (secondary N) is 1. The average Bonchev–Trinajstić information content (AvgIpc) is 2.15. The van der Waals surface area contributed by atoms with E-state index in [9.17, 15) is 12.8 Å². The van der Waals surface area contributed by atoms with Crippen LogP contribution in [0.5, 0.6) is 0 Å². The molecule has 5 nitrogen and oxygen atoms in total. The maximum atomic E-state index is 13.0. The normalized spacial score (nSPS) is 11.6. The number of nitrogens with two attached hydrogens (primary N) is 1. The highest BCUT2D eigenvalue weighted by molar-refractivity contribution is 7.90. The zero-order valence-electron chi connectivity index (χ0n) is 8.84. The van der Waals surface area contributed by atoms with Crippen LogP contribution in [-0.4, -0.2) is 26.0 Å². The Morgan fingerprint density at radius 1 is 1.59 bits per heavy atom. The number of thiocarbonyl (C=S) groups is 1. The quantitative estimate of drug-likeness (QED) is 0.361. The number of benzene rings is 1. The molecule has 1 rings (SSSR count). The molecule has 0 saturated heterocycles. The Labute approximate surface area is 103 Å². The zero-order chi connectivity index (χ0) is 13.1. The molecule has 17 heavy (non-hydrogen) atoms. The van der Waals surface area contributed by atoms with Crippen molar-refractivity contribution in [2.45, 2.75) is 4.90 Å². The highest BCUT2D eigenvalue weighted by atomic mass is 32.2. The van der Waals surface area contributed by atoms with Crippen LogP contribution in [0.15, 0.2) is 28.2 Å². The predicted octanol–water partition coefficient (Wildman–Crippen LogP) is 0.396. The molecular formula is C9H10FN3O2S2. The van der Waals surface area contributed by atoms with Crippen LogP contribution in [0, 0.1) is 5.82 Å². The third-order valence-corrected chi connectivity index (χ3v) is 3.01. The van der Waals surface area contributed by atoms with E-state index in [0.717, 1.165) is 24.6 Å². The Bertz CT molecular complexity index is 570. The minimum absolute atomic E-state index is 0.0209. The Hall–Kier alpha value is -1.54. The molecule has 0 aliphatic carbocycles. The summed E-state index contributed by atoms with van der Waals surface area (Å²) in [6.07, 6.45) is 2.16. The fraction of sp³-hybridized carbons (Fsp3) is 0.111. The fourth-order valence-corrected chi connectivity index (χ4v) is 2.03. The molecule has 0 spiro atoms. The number of rotatable bonds is 3. The van der Waals surface area contributed by atoms with Crippen LogP contribution in [0.4, 0.5) is 4.39 Å². The highest BCUT2D eigenvalue weighted by Gasteiger charge is 2.12. The molecule has 0 bridgehead atoms. The van der Waals surface area contributed by atoms with E-state index in [1.165, 1.54) is 6.07 Å². The first-order valence-electron chi connectivity index (χ1n) is 4.39. The maximum Gasteiger partial charge on any atom is 0.184 e. The van der Waals surface area contributed by atoms with E-state index in [1.807, 2.05) is 0 Å². The van der Waals surface area contributed by atoms with Crippen molar-refractivity contribution in [2.75, 3.05) is 6.26 Å². The SMILES string of the molecule is CS(=O)(=O)c1ccc(F)cc1C=NNC(N)=S. The van der Waals surface area contributed by atoms with Crippen molar-refractivity contribution in [2.24, 2.45) is 10.8 Å². The molecule has 0 aliphatic heterocycles. The molecule has 0 aromatic heterocycles. The molecule has 1 aromatic carbocycles. The number of halogens is 1. The van der Waals surface area contributed by atoms with E-state index in [-0.39, 0.29) is 15.6 Å². The maximum absolute atomic E-state index is 13.0. The molecule has 92 valence electrons. The van der Waals surface area contributed by atoms with Gasteiger partial charge in [0.15, 0.2) is 14.9 Å². The van der Waals surface area contributed by atoms with Gasteiger partial charge in [0.25, 0.3) is 0 Å². The Morgan fingerprint density at radius 2 is 2.24 bits per heavy atom. The predicted molar refractivity (Wildman–Crippen MR) is 67.0 cm³/mol. The van der Waals surface area contributed by atoms with E-state index in [1.54, 1.807) is 0 Å². The topological polar surface area (TPSA) is 84.5 Å². The number of hydrazone groups is 1. The summed E-state index contributed by atoms with van der Waals surface area (Å²) in [5, 5.41) is 3.51. The highest BCUT2D eigenvalue weighted by Crippen LogP contribution is 2.15. The molecule has 0 amide bonds. The zero-order valence-corrected chi connectivity index (χ0v) is 10.5. The summed E-state index contributed by atoms with van der Waals surface area (Å²) in [6, 6.07) is 3.29. The first-order chi connectivity index (χ1) is 7.80. The molecule has 8 heteroatoms. The Morgan fingerprint density at radius 3 is 2.76 bits per heavy atom. The molecule has 0 fully saturated rings. The summed E-state index contributed by atoms with van der Waals surface area (Å²) in [5.41, 5.74) is 7.50. The fourth-order valence-electron chi connectivity index (χ4n) is 1.12. The molecule has 3 N–H and O–H groups in total. The van der Waals surface area contributed by atoms with E-state index in [0.29, 0.717) is 0 Å². The van der Waals surface area contributed by atoms with Gasteiger partial charge < -0.3 is 5.73 Å². The first-order valence-corrected chi connectivity index (χ1v) is 6.69. The monoisotopic (exact) mass is 275 g/mol.